The Morgan fingerprint density at radius 3 is 2.84 bits per heavy atom. The van der Waals surface area contributed by atoms with Gasteiger partial charge in [-0.2, -0.15) is 0 Å². The van der Waals surface area contributed by atoms with Crippen molar-refractivity contribution in [2.24, 2.45) is 0 Å². The van der Waals surface area contributed by atoms with E-state index >= 15 is 0 Å². The number of hydrogen-bond donors (Lipinski definition) is 1. The Morgan fingerprint density at radius 1 is 1.37 bits per heavy atom. The van der Waals surface area contributed by atoms with E-state index in [1.54, 1.807) is 18.5 Å². The lowest BCUT2D eigenvalue weighted by Gasteiger charge is -2.06. The lowest BCUT2D eigenvalue weighted by molar-refractivity contribution is 0.151. The number of nitrogens with zero attached hydrogens (tertiary/aromatic N) is 2. The molecular weight excluding hydrogens is 248 g/mol. The van der Waals surface area contributed by atoms with Crippen LogP contribution in [0.25, 0.3) is 11.3 Å². The molecule has 0 unspecified atom stereocenters. The fourth-order valence-electron chi connectivity index (χ4n) is 1.94. The fourth-order valence-corrected chi connectivity index (χ4v) is 1.94. The average Bonchev–Trinajstić information content (AvgIpc) is 2.78. The summed E-state index contributed by atoms with van der Waals surface area (Å²) in [5, 5.41) is 0. The Hall–Kier alpha value is -1.91. The molecule has 0 aliphatic rings. The van der Waals surface area contributed by atoms with E-state index in [1.165, 1.54) is 12.1 Å². The van der Waals surface area contributed by atoms with E-state index < -0.39 is 6.43 Å². The molecule has 3 nitrogen and oxygen atoms in total. The molecule has 0 radical (unpaired) electrons. The Kier molecular flexibility index (Phi) is 4.14. The van der Waals surface area contributed by atoms with Crippen molar-refractivity contribution in [3.63, 3.8) is 0 Å². The van der Waals surface area contributed by atoms with E-state index in [9.17, 15) is 8.78 Å². The molecule has 0 fully saturated rings. The first-order valence-electron chi connectivity index (χ1n) is 6.32. The number of halogens is 2. The zero-order valence-corrected chi connectivity index (χ0v) is 10.8. The second kappa shape index (κ2) is 5.82. The summed E-state index contributed by atoms with van der Waals surface area (Å²) in [7, 11) is 0. The van der Waals surface area contributed by atoms with Crippen molar-refractivity contribution >= 4 is 5.82 Å². The number of nitrogens with two attached hydrogens (primary N) is 1. The number of rotatable bonds is 5. The van der Waals surface area contributed by atoms with E-state index in [2.05, 4.69) is 11.9 Å². The number of anilines is 1. The van der Waals surface area contributed by atoms with Gasteiger partial charge in [0.25, 0.3) is 6.43 Å². The summed E-state index contributed by atoms with van der Waals surface area (Å²) in [4.78, 5) is 4.23. The molecule has 0 aliphatic carbocycles. The molecule has 0 saturated heterocycles. The van der Waals surface area contributed by atoms with Crippen LogP contribution in [0, 0.1) is 0 Å². The van der Waals surface area contributed by atoms with Crippen LogP contribution < -0.4 is 5.73 Å². The number of alkyl halides is 2. The van der Waals surface area contributed by atoms with Crippen LogP contribution in [0.4, 0.5) is 14.6 Å². The van der Waals surface area contributed by atoms with E-state index in [-0.39, 0.29) is 5.56 Å². The summed E-state index contributed by atoms with van der Waals surface area (Å²) in [5.74, 6) is 0.528. The zero-order valence-electron chi connectivity index (χ0n) is 10.8. The van der Waals surface area contributed by atoms with Gasteiger partial charge in [0.15, 0.2) is 0 Å². The Balaban J connectivity index is 2.31. The number of imidazole rings is 1. The van der Waals surface area contributed by atoms with Crippen LogP contribution in [-0.4, -0.2) is 9.55 Å². The van der Waals surface area contributed by atoms with Gasteiger partial charge in [0.05, 0.1) is 6.33 Å². The first-order chi connectivity index (χ1) is 9.13. The van der Waals surface area contributed by atoms with Crippen LogP contribution in [0.2, 0.25) is 0 Å². The molecule has 1 heterocycles. The first-order valence-corrected chi connectivity index (χ1v) is 6.32. The van der Waals surface area contributed by atoms with Crippen LogP contribution in [0.15, 0.2) is 30.6 Å². The molecule has 0 spiro atoms. The normalized spacial score (nSPS) is 11.2. The average molecular weight is 265 g/mol. The van der Waals surface area contributed by atoms with Gasteiger partial charge < -0.3 is 10.3 Å². The second-order valence-corrected chi connectivity index (χ2v) is 4.45. The molecule has 19 heavy (non-hydrogen) atoms. The minimum absolute atomic E-state index is 0.0139. The van der Waals surface area contributed by atoms with Gasteiger partial charge >= 0.3 is 0 Å². The highest BCUT2D eigenvalue weighted by molar-refractivity contribution is 5.70. The summed E-state index contributed by atoms with van der Waals surface area (Å²) in [5.41, 5.74) is 7.20. The maximum Gasteiger partial charge on any atom is 0.263 e. The molecule has 5 heteroatoms. The van der Waals surface area contributed by atoms with Crippen molar-refractivity contribution in [2.45, 2.75) is 32.7 Å². The number of unbranched alkanes of at least 4 members (excludes halogenated alkanes) is 1. The van der Waals surface area contributed by atoms with Crippen molar-refractivity contribution in [2.75, 3.05) is 5.73 Å². The minimum atomic E-state index is -2.48. The molecule has 102 valence electrons. The highest BCUT2D eigenvalue weighted by Crippen LogP contribution is 2.28. The van der Waals surface area contributed by atoms with Crippen LogP contribution in [0.3, 0.4) is 0 Å². The molecule has 2 rings (SSSR count). The summed E-state index contributed by atoms with van der Waals surface area (Å²) in [6.07, 6.45) is 1.25. The molecule has 1 aromatic carbocycles. The second-order valence-electron chi connectivity index (χ2n) is 4.45. The van der Waals surface area contributed by atoms with Gasteiger partial charge in [0, 0.05) is 17.7 Å². The molecular formula is C14H17F2N3. The number of nitrogen functional groups attached to an aromatic ring is 1. The largest absolute Gasteiger partial charge is 0.383 e. The van der Waals surface area contributed by atoms with Crippen molar-refractivity contribution in [3.05, 3.63) is 36.2 Å². The molecule has 0 atom stereocenters. The summed E-state index contributed by atoms with van der Waals surface area (Å²) in [6.45, 7) is 2.89. The first kappa shape index (κ1) is 13.5. The molecule has 2 N–H and O–H groups in total. The Morgan fingerprint density at radius 2 is 2.16 bits per heavy atom. The minimum Gasteiger partial charge on any atom is -0.383 e. The zero-order chi connectivity index (χ0) is 13.8. The van der Waals surface area contributed by atoms with Gasteiger partial charge in [-0.15, -0.1) is 0 Å². The third-order valence-electron chi connectivity index (χ3n) is 3.04. The van der Waals surface area contributed by atoms with E-state index in [4.69, 9.17) is 5.73 Å². The van der Waals surface area contributed by atoms with Gasteiger partial charge in [0.1, 0.15) is 11.5 Å². The van der Waals surface area contributed by atoms with Gasteiger partial charge in [-0.05, 0) is 12.5 Å². The van der Waals surface area contributed by atoms with Crippen LogP contribution in [-0.2, 0) is 6.54 Å². The van der Waals surface area contributed by atoms with Gasteiger partial charge in [0.2, 0.25) is 0 Å². The van der Waals surface area contributed by atoms with Crippen molar-refractivity contribution in [3.8, 4) is 11.3 Å². The fraction of sp³-hybridized carbons (Fsp3) is 0.357. The van der Waals surface area contributed by atoms with Gasteiger partial charge in [-0.25, -0.2) is 13.8 Å². The quantitative estimate of drug-likeness (QED) is 0.891. The molecule has 0 aliphatic heterocycles. The summed E-state index contributed by atoms with van der Waals surface area (Å²) < 4.78 is 27.2. The molecule has 1 aromatic heterocycles. The third-order valence-corrected chi connectivity index (χ3v) is 3.04. The third kappa shape index (κ3) is 2.92. The van der Waals surface area contributed by atoms with Crippen LogP contribution in [0.5, 0.6) is 0 Å². The van der Waals surface area contributed by atoms with Crippen molar-refractivity contribution in [1.29, 1.82) is 0 Å². The Labute approximate surface area is 111 Å². The SMILES string of the molecule is CCCCn1cnc(-c2cccc(C(F)F)c2)c1N. The van der Waals surface area contributed by atoms with E-state index in [1.807, 2.05) is 4.57 Å². The number of hydrogen-bond acceptors (Lipinski definition) is 2. The molecule has 0 bridgehead atoms. The Bertz CT molecular complexity index is 549. The monoisotopic (exact) mass is 265 g/mol. The predicted molar refractivity (Wildman–Crippen MR) is 71.9 cm³/mol. The van der Waals surface area contributed by atoms with Crippen molar-refractivity contribution < 1.29 is 8.78 Å². The predicted octanol–water partition coefficient (Wildman–Crippen LogP) is 3.87. The molecule has 2 aromatic rings. The van der Waals surface area contributed by atoms with Crippen LogP contribution >= 0.6 is 0 Å². The molecule has 0 amide bonds. The lowest BCUT2D eigenvalue weighted by atomic mass is 10.1. The number of aryl methyl sites for hydroxylation is 1. The highest BCUT2D eigenvalue weighted by atomic mass is 19.3. The maximum absolute atomic E-state index is 12.7. The van der Waals surface area contributed by atoms with E-state index in [0.29, 0.717) is 17.1 Å². The number of aromatic nitrogens is 2. The van der Waals surface area contributed by atoms with Crippen LogP contribution in [0.1, 0.15) is 31.8 Å². The highest BCUT2D eigenvalue weighted by Gasteiger charge is 2.12. The van der Waals surface area contributed by atoms with E-state index in [0.717, 1.165) is 19.4 Å². The maximum atomic E-state index is 12.7. The molecule has 0 saturated carbocycles. The summed E-state index contributed by atoms with van der Waals surface area (Å²) in [6, 6.07) is 6.18. The van der Waals surface area contributed by atoms with Gasteiger partial charge in [-0.3, -0.25) is 0 Å². The standard InChI is InChI=1S/C14H17F2N3/c1-2-3-7-19-9-18-12(14(19)17)10-5-4-6-11(8-10)13(15)16/h4-6,8-9,13H,2-3,7,17H2,1H3. The van der Waals surface area contributed by atoms with Gasteiger partial charge in [-0.1, -0.05) is 31.5 Å². The number of benzene rings is 1. The smallest absolute Gasteiger partial charge is 0.263 e. The topological polar surface area (TPSA) is 43.8 Å². The summed E-state index contributed by atoms with van der Waals surface area (Å²) >= 11 is 0. The lowest BCUT2D eigenvalue weighted by Crippen LogP contribution is -2.02. The van der Waals surface area contributed by atoms with Crippen molar-refractivity contribution in [1.82, 2.24) is 9.55 Å².